The normalized spacial score (nSPS) is 54.0. The number of ether oxygens (including phenoxy) is 1. The highest BCUT2D eigenvalue weighted by atomic mass is 16.5. The fourth-order valence-electron chi connectivity index (χ4n) is 4.90. The van der Waals surface area contributed by atoms with E-state index in [0.29, 0.717) is 16.9 Å². The van der Waals surface area contributed by atoms with Gasteiger partial charge < -0.3 is 4.74 Å². The Balaban J connectivity index is 1.84. The zero-order chi connectivity index (χ0) is 11.6. The van der Waals surface area contributed by atoms with E-state index in [9.17, 15) is 0 Å². The van der Waals surface area contributed by atoms with Crippen LogP contribution >= 0.6 is 0 Å². The zero-order valence-corrected chi connectivity index (χ0v) is 11.3. The summed E-state index contributed by atoms with van der Waals surface area (Å²) in [6, 6.07) is 0. The molecule has 3 rings (SSSR count). The average molecular weight is 222 g/mol. The Hall–Kier alpha value is -0.0400. The molecule has 1 heterocycles. The molecule has 3 fully saturated rings. The predicted octanol–water partition coefficient (Wildman–Crippen LogP) is 3.87. The zero-order valence-electron chi connectivity index (χ0n) is 11.3. The largest absolute Gasteiger partial charge is 0.377 e. The summed E-state index contributed by atoms with van der Waals surface area (Å²) in [5.41, 5.74) is 1.10. The van der Waals surface area contributed by atoms with Gasteiger partial charge in [0.15, 0.2) is 0 Å². The molecule has 0 radical (unpaired) electrons. The van der Waals surface area contributed by atoms with Crippen molar-refractivity contribution in [2.24, 2.45) is 28.6 Å². The smallest absolute Gasteiger partial charge is 0.0658 e. The molecule has 1 heteroatoms. The Bertz CT molecular complexity index is 294. The second-order valence-electron chi connectivity index (χ2n) is 7.18. The van der Waals surface area contributed by atoms with Gasteiger partial charge in [-0.2, -0.15) is 0 Å². The highest BCUT2D eigenvalue weighted by Gasteiger charge is 2.64. The molecule has 2 bridgehead atoms. The summed E-state index contributed by atoms with van der Waals surface area (Å²) in [7, 11) is 0. The Morgan fingerprint density at radius 3 is 2.38 bits per heavy atom. The minimum Gasteiger partial charge on any atom is -0.377 e. The van der Waals surface area contributed by atoms with Crippen molar-refractivity contribution >= 4 is 0 Å². The van der Waals surface area contributed by atoms with Gasteiger partial charge in [0.2, 0.25) is 0 Å². The summed E-state index contributed by atoms with van der Waals surface area (Å²) in [6.07, 6.45) is 6.24. The lowest BCUT2D eigenvalue weighted by molar-refractivity contribution is -0.170. The molecule has 16 heavy (non-hydrogen) atoms. The molecule has 1 saturated heterocycles. The molecule has 1 nitrogen and oxygen atoms in total. The van der Waals surface area contributed by atoms with Crippen molar-refractivity contribution in [2.45, 2.75) is 59.5 Å². The summed E-state index contributed by atoms with van der Waals surface area (Å²) in [5.74, 6) is 2.67. The minimum atomic E-state index is 0.551. The first-order valence-electron chi connectivity index (χ1n) is 7.12. The van der Waals surface area contributed by atoms with Gasteiger partial charge in [0, 0.05) is 5.92 Å². The quantitative estimate of drug-likeness (QED) is 0.689. The van der Waals surface area contributed by atoms with Crippen molar-refractivity contribution in [3.63, 3.8) is 0 Å². The van der Waals surface area contributed by atoms with E-state index >= 15 is 0 Å². The van der Waals surface area contributed by atoms with Gasteiger partial charge in [0.1, 0.15) is 0 Å². The second kappa shape index (κ2) is 3.25. The van der Waals surface area contributed by atoms with E-state index in [4.69, 9.17) is 4.74 Å². The number of hydrogen-bond acceptors (Lipinski definition) is 1. The van der Waals surface area contributed by atoms with Crippen molar-refractivity contribution in [1.29, 1.82) is 0 Å². The molecular formula is C15H26O. The van der Waals surface area contributed by atoms with Crippen LogP contribution in [0.25, 0.3) is 0 Å². The fourth-order valence-corrected chi connectivity index (χ4v) is 4.90. The van der Waals surface area contributed by atoms with Crippen LogP contribution in [0.1, 0.15) is 53.4 Å². The summed E-state index contributed by atoms with van der Waals surface area (Å²) in [6.45, 7) is 10.9. The van der Waals surface area contributed by atoms with Crippen LogP contribution in [0.2, 0.25) is 0 Å². The Morgan fingerprint density at radius 2 is 2.00 bits per heavy atom. The lowest BCUT2D eigenvalue weighted by atomic mass is 9.63. The maximum Gasteiger partial charge on any atom is 0.0658 e. The third-order valence-corrected chi connectivity index (χ3v) is 6.75. The minimum absolute atomic E-state index is 0.551. The molecule has 0 amide bonds. The summed E-state index contributed by atoms with van der Waals surface area (Å²) in [5, 5.41) is 0. The van der Waals surface area contributed by atoms with Gasteiger partial charge >= 0.3 is 0 Å². The molecule has 0 N–H and O–H groups in total. The van der Waals surface area contributed by atoms with Gasteiger partial charge in [-0.1, -0.05) is 27.7 Å². The molecule has 0 spiro atoms. The number of rotatable bonds is 2. The summed E-state index contributed by atoms with van der Waals surface area (Å²) in [4.78, 5) is 0. The monoisotopic (exact) mass is 222 g/mol. The van der Waals surface area contributed by atoms with Gasteiger partial charge in [-0.15, -0.1) is 0 Å². The van der Waals surface area contributed by atoms with Crippen molar-refractivity contribution in [3.8, 4) is 0 Å². The van der Waals surface area contributed by atoms with Crippen molar-refractivity contribution in [1.82, 2.24) is 0 Å². The van der Waals surface area contributed by atoms with Gasteiger partial charge in [-0.05, 0) is 48.3 Å². The number of fused-ring (bicyclic) bond motifs is 2. The van der Waals surface area contributed by atoms with Gasteiger partial charge in [-0.25, -0.2) is 0 Å². The van der Waals surface area contributed by atoms with E-state index < -0.39 is 0 Å². The van der Waals surface area contributed by atoms with Gasteiger partial charge in [-0.3, -0.25) is 0 Å². The van der Waals surface area contributed by atoms with Crippen LogP contribution in [-0.2, 0) is 4.74 Å². The van der Waals surface area contributed by atoms with E-state index in [1.807, 2.05) is 0 Å². The third-order valence-electron chi connectivity index (χ3n) is 6.75. The first kappa shape index (κ1) is 11.1. The van der Waals surface area contributed by atoms with Crippen LogP contribution < -0.4 is 0 Å². The van der Waals surface area contributed by atoms with E-state index in [-0.39, 0.29) is 0 Å². The molecule has 3 unspecified atom stereocenters. The Morgan fingerprint density at radius 1 is 1.25 bits per heavy atom. The highest BCUT2D eigenvalue weighted by Crippen LogP contribution is 2.70. The van der Waals surface area contributed by atoms with Gasteiger partial charge in [0.05, 0.1) is 12.7 Å². The Labute approximate surface area is 99.9 Å². The molecule has 3 aliphatic rings. The first-order chi connectivity index (χ1) is 7.50. The summed E-state index contributed by atoms with van der Waals surface area (Å²) < 4.78 is 5.93. The molecule has 0 aromatic carbocycles. The fraction of sp³-hybridized carbons (Fsp3) is 1.00. The molecular weight excluding hydrogens is 196 g/mol. The maximum absolute atomic E-state index is 5.93. The molecule has 0 aromatic rings. The third kappa shape index (κ3) is 1.11. The molecule has 2 saturated carbocycles. The maximum atomic E-state index is 5.93. The molecule has 92 valence electrons. The molecule has 5 atom stereocenters. The van der Waals surface area contributed by atoms with Crippen LogP contribution in [0.5, 0.6) is 0 Å². The second-order valence-corrected chi connectivity index (χ2v) is 7.18. The van der Waals surface area contributed by atoms with Crippen LogP contribution in [0.3, 0.4) is 0 Å². The van der Waals surface area contributed by atoms with Crippen LogP contribution in [0.4, 0.5) is 0 Å². The Kier molecular flexibility index (Phi) is 2.25. The average Bonchev–Trinajstić information content (AvgIpc) is 2.50. The summed E-state index contributed by atoms with van der Waals surface area (Å²) >= 11 is 0. The van der Waals surface area contributed by atoms with E-state index in [2.05, 4.69) is 27.7 Å². The standard InChI is InChI=1S/C15H26O/c1-5-10-9-16-13(10)12-8-11-6-7-15(12,4)14(11,2)3/h10-13H,5-9H2,1-4H3/t10?,11-,12?,13?,15-/m1/s1. The van der Waals surface area contributed by atoms with E-state index in [1.54, 1.807) is 0 Å². The first-order valence-corrected chi connectivity index (χ1v) is 7.12. The van der Waals surface area contributed by atoms with Crippen LogP contribution in [-0.4, -0.2) is 12.7 Å². The highest BCUT2D eigenvalue weighted by molar-refractivity contribution is 5.13. The number of hydrogen-bond donors (Lipinski definition) is 0. The van der Waals surface area contributed by atoms with Crippen LogP contribution in [0.15, 0.2) is 0 Å². The SMILES string of the molecule is CCC1COC1C1C[C@H]2CC[C@@]1(C)C2(C)C. The predicted molar refractivity (Wildman–Crippen MR) is 66.2 cm³/mol. The molecule has 0 aromatic heterocycles. The van der Waals surface area contributed by atoms with E-state index in [0.717, 1.165) is 24.4 Å². The molecule has 2 aliphatic carbocycles. The van der Waals surface area contributed by atoms with Crippen molar-refractivity contribution < 1.29 is 4.74 Å². The van der Waals surface area contributed by atoms with Crippen molar-refractivity contribution in [3.05, 3.63) is 0 Å². The van der Waals surface area contributed by atoms with Crippen LogP contribution in [0, 0.1) is 28.6 Å². The topological polar surface area (TPSA) is 9.23 Å². The van der Waals surface area contributed by atoms with Crippen molar-refractivity contribution in [2.75, 3.05) is 6.61 Å². The molecule has 1 aliphatic heterocycles. The lowest BCUT2D eigenvalue weighted by Crippen LogP contribution is -2.50. The lowest BCUT2D eigenvalue weighted by Gasteiger charge is -2.49. The van der Waals surface area contributed by atoms with Gasteiger partial charge in [0.25, 0.3) is 0 Å². The van der Waals surface area contributed by atoms with E-state index in [1.165, 1.54) is 25.7 Å².